The molecule has 2 bridgehead atoms. The smallest absolute Gasteiger partial charge is 0.152 e. The molecular formula is C18H15BrFNO2S. The second kappa shape index (κ2) is 5.85. The van der Waals surface area contributed by atoms with Crippen LogP contribution >= 0.6 is 27.3 Å². The number of fused-ring (bicyclic) bond motifs is 2. The van der Waals surface area contributed by atoms with Gasteiger partial charge < -0.3 is 0 Å². The molecule has 2 aliphatic rings. The highest BCUT2D eigenvalue weighted by atomic mass is 79.9. The van der Waals surface area contributed by atoms with E-state index in [2.05, 4.69) is 20.9 Å². The molecule has 1 aromatic heterocycles. The Balaban J connectivity index is 1.76. The maximum Gasteiger partial charge on any atom is 0.152 e. The summed E-state index contributed by atoms with van der Waals surface area (Å²) in [5, 5.41) is 0.519. The number of nitrogens with zero attached hydrogens (tertiary/aromatic N) is 1. The number of carbonyl (C=O) groups excluding carboxylic acids is 2. The number of aromatic nitrogens is 1. The minimum Gasteiger partial charge on any atom is -0.298 e. The highest BCUT2D eigenvalue weighted by Crippen LogP contribution is 2.45. The van der Waals surface area contributed by atoms with Gasteiger partial charge in [0.15, 0.2) is 11.6 Å². The first kappa shape index (κ1) is 16.1. The van der Waals surface area contributed by atoms with E-state index in [1.165, 1.54) is 17.4 Å². The Hall–Kier alpha value is -1.40. The van der Waals surface area contributed by atoms with Crippen LogP contribution in [0.15, 0.2) is 22.7 Å². The summed E-state index contributed by atoms with van der Waals surface area (Å²) >= 11 is 4.58. The topological polar surface area (TPSA) is 47.0 Å². The first-order valence-electron chi connectivity index (χ1n) is 7.96. The second-order valence-corrected chi connectivity index (χ2v) is 8.65. The third kappa shape index (κ3) is 2.47. The average molecular weight is 408 g/mol. The molecule has 3 nitrogen and oxygen atoms in total. The number of Topliss-reactive ketones (excluding diaryl/α,β-unsaturated/α-hetero) is 2. The Morgan fingerprint density at radius 1 is 1.21 bits per heavy atom. The zero-order chi connectivity index (χ0) is 17.0. The van der Waals surface area contributed by atoms with E-state index in [1.807, 2.05) is 6.92 Å². The van der Waals surface area contributed by atoms with E-state index in [4.69, 9.17) is 0 Å². The van der Waals surface area contributed by atoms with Crippen molar-refractivity contribution in [2.24, 2.45) is 11.8 Å². The molecule has 0 spiro atoms. The molecule has 2 fully saturated rings. The molecule has 0 amide bonds. The molecule has 0 N–H and O–H groups in total. The van der Waals surface area contributed by atoms with Crippen molar-refractivity contribution in [3.05, 3.63) is 39.1 Å². The zero-order valence-electron chi connectivity index (χ0n) is 13.0. The van der Waals surface area contributed by atoms with Crippen LogP contribution in [0.25, 0.3) is 10.6 Å². The summed E-state index contributed by atoms with van der Waals surface area (Å²) in [7, 11) is 0. The number of benzene rings is 1. The van der Waals surface area contributed by atoms with Gasteiger partial charge in [-0.25, -0.2) is 9.37 Å². The van der Waals surface area contributed by atoms with E-state index in [-0.39, 0.29) is 29.2 Å². The Morgan fingerprint density at radius 3 is 2.50 bits per heavy atom. The van der Waals surface area contributed by atoms with Crippen LogP contribution in [-0.2, 0) is 9.59 Å². The second-order valence-electron chi connectivity index (χ2n) is 6.53. The molecule has 3 atom stereocenters. The largest absolute Gasteiger partial charge is 0.298 e. The van der Waals surface area contributed by atoms with Crippen molar-refractivity contribution < 1.29 is 14.0 Å². The van der Waals surface area contributed by atoms with Crippen molar-refractivity contribution in [1.29, 1.82) is 0 Å². The van der Waals surface area contributed by atoms with E-state index in [1.54, 1.807) is 12.1 Å². The lowest BCUT2D eigenvalue weighted by Crippen LogP contribution is -2.35. The molecule has 0 radical (unpaired) electrons. The van der Waals surface area contributed by atoms with Crippen LogP contribution in [0.4, 0.5) is 4.39 Å². The minimum atomic E-state index is -0.750. The number of hydrogen-bond donors (Lipinski definition) is 0. The highest BCUT2D eigenvalue weighted by molar-refractivity contribution is 9.10. The molecule has 2 saturated carbocycles. The van der Waals surface area contributed by atoms with Gasteiger partial charge >= 0.3 is 0 Å². The maximum atomic E-state index is 14.2. The van der Waals surface area contributed by atoms with Crippen LogP contribution in [0.5, 0.6) is 0 Å². The predicted octanol–water partition coefficient (Wildman–Crippen LogP) is 4.67. The molecule has 24 heavy (non-hydrogen) atoms. The van der Waals surface area contributed by atoms with Crippen molar-refractivity contribution in [1.82, 2.24) is 4.98 Å². The predicted molar refractivity (Wildman–Crippen MR) is 93.5 cm³/mol. The molecule has 4 rings (SSSR count). The van der Waals surface area contributed by atoms with E-state index in [9.17, 15) is 14.0 Å². The normalized spacial score (nSPS) is 26.2. The summed E-state index contributed by atoms with van der Waals surface area (Å²) in [5.41, 5.74) is 0.931. The van der Waals surface area contributed by atoms with Gasteiger partial charge in [-0.05, 0) is 44.4 Å². The van der Waals surface area contributed by atoms with Gasteiger partial charge in [-0.3, -0.25) is 9.59 Å². The van der Waals surface area contributed by atoms with Crippen molar-refractivity contribution in [3.63, 3.8) is 0 Å². The van der Waals surface area contributed by atoms with Crippen molar-refractivity contribution in [3.8, 4) is 10.6 Å². The fraction of sp³-hybridized carbons (Fsp3) is 0.389. The Kier molecular flexibility index (Phi) is 3.92. The first-order valence-corrected chi connectivity index (χ1v) is 9.57. The van der Waals surface area contributed by atoms with Crippen LogP contribution in [0.2, 0.25) is 0 Å². The van der Waals surface area contributed by atoms with Gasteiger partial charge in [0, 0.05) is 26.7 Å². The van der Waals surface area contributed by atoms with Crippen LogP contribution in [0.1, 0.15) is 35.8 Å². The first-order chi connectivity index (χ1) is 11.5. The lowest BCUT2D eigenvalue weighted by Gasteiger charge is -2.24. The summed E-state index contributed by atoms with van der Waals surface area (Å²) < 4.78 is 14.9. The molecule has 1 unspecified atom stereocenters. The Labute approximate surface area is 151 Å². The lowest BCUT2D eigenvalue weighted by atomic mass is 9.77. The van der Waals surface area contributed by atoms with Crippen LogP contribution < -0.4 is 0 Å². The van der Waals surface area contributed by atoms with Gasteiger partial charge in [0.05, 0.1) is 5.69 Å². The van der Waals surface area contributed by atoms with Crippen molar-refractivity contribution in [2.75, 3.05) is 0 Å². The zero-order valence-corrected chi connectivity index (χ0v) is 15.4. The molecule has 1 aromatic carbocycles. The van der Waals surface area contributed by atoms with Crippen LogP contribution in [-0.4, -0.2) is 16.6 Å². The number of rotatable bonds is 2. The third-order valence-electron chi connectivity index (χ3n) is 5.07. The van der Waals surface area contributed by atoms with Crippen LogP contribution in [0, 0.1) is 24.6 Å². The fourth-order valence-electron chi connectivity index (χ4n) is 3.83. The number of halogens is 2. The van der Waals surface area contributed by atoms with Gasteiger partial charge in [0.25, 0.3) is 0 Å². The average Bonchev–Trinajstić information content (AvgIpc) is 3.12. The SMILES string of the molecule is Cc1sc(-c2ccc(Br)cc2F)nc1C1C(=O)[C@@H]2CC[C@@H](C2)C1=O. The molecule has 0 aliphatic heterocycles. The molecule has 2 aromatic rings. The number of aryl methyl sites for hydroxylation is 1. The molecule has 124 valence electrons. The molecule has 2 aliphatic carbocycles. The number of ketones is 2. The summed E-state index contributed by atoms with van der Waals surface area (Å²) in [6.45, 7) is 1.85. The van der Waals surface area contributed by atoms with Gasteiger partial charge in [0.2, 0.25) is 0 Å². The minimum absolute atomic E-state index is 0.00461. The number of hydrogen-bond acceptors (Lipinski definition) is 4. The number of thiazole rings is 1. The van der Waals surface area contributed by atoms with Crippen molar-refractivity contribution >= 4 is 38.8 Å². The van der Waals surface area contributed by atoms with Gasteiger partial charge in [-0.2, -0.15) is 0 Å². The van der Waals surface area contributed by atoms with Gasteiger partial charge in [0.1, 0.15) is 16.7 Å². The summed E-state index contributed by atoms with van der Waals surface area (Å²) in [6.07, 6.45) is 2.32. The standard InChI is InChI=1S/C18H15BrFNO2S/c1-8-15(14-16(22)9-2-3-10(6-9)17(14)23)21-18(24-8)12-5-4-11(19)7-13(12)20/h4-5,7,9-10,14H,2-3,6H2,1H3/t9-,10+,14?. The van der Waals surface area contributed by atoms with Crippen molar-refractivity contribution in [2.45, 2.75) is 32.1 Å². The monoisotopic (exact) mass is 407 g/mol. The quantitative estimate of drug-likeness (QED) is 0.679. The fourth-order valence-corrected chi connectivity index (χ4v) is 5.14. The van der Waals surface area contributed by atoms with E-state index < -0.39 is 5.92 Å². The molecular weight excluding hydrogens is 393 g/mol. The highest BCUT2D eigenvalue weighted by Gasteiger charge is 2.48. The third-order valence-corrected chi connectivity index (χ3v) is 6.59. The van der Waals surface area contributed by atoms with Gasteiger partial charge in [-0.1, -0.05) is 15.9 Å². The summed E-state index contributed by atoms with van der Waals surface area (Å²) in [5.74, 6) is -1.13. The molecule has 0 saturated heterocycles. The Morgan fingerprint density at radius 2 is 1.88 bits per heavy atom. The lowest BCUT2D eigenvalue weighted by molar-refractivity contribution is -0.136. The van der Waals surface area contributed by atoms with E-state index >= 15 is 0 Å². The Bertz CT molecular complexity index is 841. The van der Waals surface area contributed by atoms with Crippen LogP contribution in [0.3, 0.4) is 0 Å². The maximum absolute atomic E-state index is 14.2. The van der Waals surface area contributed by atoms with E-state index in [0.717, 1.165) is 17.7 Å². The summed E-state index contributed by atoms with van der Waals surface area (Å²) in [4.78, 5) is 30.7. The van der Waals surface area contributed by atoms with E-state index in [0.29, 0.717) is 27.2 Å². The molecule has 6 heteroatoms. The molecule has 1 heterocycles. The van der Waals surface area contributed by atoms with Gasteiger partial charge in [-0.15, -0.1) is 11.3 Å². The summed E-state index contributed by atoms with van der Waals surface area (Å²) in [6, 6.07) is 4.81. The number of carbonyl (C=O) groups is 2.